The molecule has 0 heterocycles. The number of rotatable bonds is 3. The summed E-state index contributed by atoms with van der Waals surface area (Å²) in [5.74, 6) is 0.246. The molecule has 0 aromatic rings. The van der Waals surface area contributed by atoms with E-state index in [4.69, 9.17) is 16.3 Å². The first-order chi connectivity index (χ1) is 6.70. The summed E-state index contributed by atoms with van der Waals surface area (Å²) in [6.07, 6.45) is 8.03. The molecule has 0 spiro atoms. The molecule has 0 N–H and O–H groups in total. The van der Waals surface area contributed by atoms with E-state index in [1.54, 1.807) is 0 Å². The van der Waals surface area contributed by atoms with Gasteiger partial charge in [0.25, 0.3) is 0 Å². The second kappa shape index (κ2) is 6.07. The van der Waals surface area contributed by atoms with Gasteiger partial charge in [0.15, 0.2) is 0 Å². The van der Waals surface area contributed by atoms with Gasteiger partial charge in [-0.1, -0.05) is 30.9 Å². The van der Waals surface area contributed by atoms with Crippen LogP contribution in [0.3, 0.4) is 0 Å². The quantitative estimate of drug-likeness (QED) is 0.677. The van der Waals surface area contributed by atoms with Crippen molar-refractivity contribution in [1.29, 1.82) is 0 Å². The normalized spacial score (nSPS) is 19.4. The molecule has 80 valence electrons. The van der Waals surface area contributed by atoms with Gasteiger partial charge in [0.2, 0.25) is 0 Å². The van der Waals surface area contributed by atoms with E-state index in [1.165, 1.54) is 39.0 Å². The van der Waals surface area contributed by atoms with Gasteiger partial charge < -0.3 is 4.74 Å². The first-order valence-electron chi connectivity index (χ1n) is 5.19. The van der Waals surface area contributed by atoms with Crippen LogP contribution in [-0.2, 0) is 9.53 Å². The Balaban J connectivity index is 2.30. The molecule has 1 aliphatic carbocycles. The van der Waals surface area contributed by atoms with Crippen LogP contribution in [0.1, 0.15) is 39.0 Å². The van der Waals surface area contributed by atoms with Crippen LogP contribution in [0.5, 0.6) is 0 Å². The Morgan fingerprint density at radius 3 is 2.64 bits per heavy atom. The number of esters is 1. The Kier molecular flexibility index (Phi) is 5.02. The van der Waals surface area contributed by atoms with Gasteiger partial charge in [0, 0.05) is 12.0 Å². The van der Waals surface area contributed by atoms with Crippen LogP contribution in [-0.4, -0.2) is 12.6 Å². The summed E-state index contributed by atoms with van der Waals surface area (Å²) in [4.78, 5) is 10.5. The molecule has 1 rings (SSSR count). The van der Waals surface area contributed by atoms with Crippen molar-refractivity contribution >= 4 is 17.6 Å². The van der Waals surface area contributed by atoms with E-state index < -0.39 is 0 Å². The highest BCUT2D eigenvalue weighted by Gasteiger charge is 2.15. The predicted octanol–water partition coefficient (Wildman–Crippen LogP) is 3.25. The maximum atomic E-state index is 10.5. The van der Waals surface area contributed by atoms with Crippen LogP contribution in [0, 0.1) is 5.92 Å². The zero-order chi connectivity index (χ0) is 10.4. The molecule has 0 aromatic heterocycles. The van der Waals surface area contributed by atoms with E-state index in [0.29, 0.717) is 12.5 Å². The summed E-state index contributed by atoms with van der Waals surface area (Å²) in [5.41, 5.74) is 0. The highest BCUT2D eigenvalue weighted by atomic mass is 35.5. The third-order valence-electron chi connectivity index (χ3n) is 2.56. The van der Waals surface area contributed by atoms with Crippen molar-refractivity contribution in [3.05, 3.63) is 11.1 Å². The van der Waals surface area contributed by atoms with Gasteiger partial charge in [-0.3, -0.25) is 4.79 Å². The maximum Gasteiger partial charge on any atom is 0.302 e. The van der Waals surface area contributed by atoms with E-state index in [9.17, 15) is 4.79 Å². The van der Waals surface area contributed by atoms with Crippen molar-refractivity contribution in [2.45, 2.75) is 39.0 Å². The van der Waals surface area contributed by atoms with Gasteiger partial charge in [0.05, 0.1) is 0 Å². The fourth-order valence-corrected chi connectivity index (χ4v) is 2.06. The van der Waals surface area contributed by atoms with Gasteiger partial charge in [-0.25, -0.2) is 0 Å². The topological polar surface area (TPSA) is 26.3 Å². The number of carbonyl (C=O) groups is 1. The monoisotopic (exact) mass is 216 g/mol. The Bertz CT molecular complexity index is 217. The number of allylic oxidation sites excluding steroid dienone is 1. The van der Waals surface area contributed by atoms with Crippen molar-refractivity contribution in [3.8, 4) is 0 Å². The minimum atomic E-state index is -0.255. The lowest BCUT2D eigenvalue weighted by Crippen LogP contribution is -2.07. The summed E-state index contributed by atoms with van der Waals surface area (Å²) >= 11 is 6.11. The number of carbonyl (C=O) groups excluding carboxylic acids is 1. The molecule has 0 bridgehead atoms. The molecule has 0 radical (unpaired) electrons. The molecular weight excluding hydrogens is 200 g/mol. The van der Waals surface area contributed by atoms with Gasteiger partial charge in [-0.05, 0) is 24.8 Å². The number of ether oxygens (including phenoxy) is 1. The first kappa shape index (κ1) is 11.6. The fourth-order valence-electron chi connectivity index (χ4n) is 1.78. The summed E-state index contributed by atoms with van der Waals surface area (Å²) in [7, 11) is 0. The van der Waals surface area contributed by atoms with Crippen LogP contribution < -0.4 is 0 Å². The van der Waals surface area contributed by atoms with E-state index in [2.05, 4.69) is 0 Å². The molecule has 2 nitrogen and oxygen atoms in total. The molecular formula is C11H17ClO2. The Morgan fingerprint density at radius 1 is 1.43 bits per heavy atom. The summed E-state index contributed by atoms with van der Waals surface area (Å²) in [6.45, 7) is 1.72. The summed E-state index contributed by atoms with van der Waals surface area (Å²) in [6, 6.07) is 0. The maximum absolute atomic E-state index is 10.5. The molecule has 0 atom stereocenters. The van der Waals surface area contributed by atoms with Gasteiger partial charge in [-0.15, -0.1) is 0 Å². The lowest BCUT2D eigenvalue weighted by molar-refractivity contribution is -0.139. The Labute approximate surface area is 90.3 Å². The lowest BCUT2D eigenvalue weighted by Gasteiger charge is -2.20. The smallest absolute Gasteiger partial charge is 0.302 e. The number of hydrogen-bond donors (Lipinski definition) is 0. The molecule has 14 heavy (non-hydrogen) atoms. The van der Waals surface area contributed by atoms with Crippen LogP contribution in [0.4, 0.5) is 0 Å². The Morgan fingerprint density at radius 2 is 2.07 bits per heavy atom. The second-order valence-electron chi connectivity index (χ2n) is 3.73. The van der Waals surface area contributed by atoms with Crippen molar-refractivity contribution in [2.24, 2.45) is 5.92 Å². The zero-order valence-electron chi connectivity index (χ0n) is 8.59. The summed E-state index contributed by atoms with van der Waals surface area (Å²) < 4.78 is 4.80. The van der Waals surface area contributed by atoms with Crippen LogP contribution in [0.25, 0.3) is 0 Å². The van der Waals surface area contributed by atoms with Crippen molar-refractivity contribution < 1.29 is 9.53 Å². The molecule has 0 unspecified atom stereocenters. The zero-order valence-corrected chi connectivity index (χ0v) is 9.35. The highest BCUT2D eigenvalue weighted by Crippen LogP contribution is 2.31. The molecule has 1 saturated carbocycles. The van der Waals surface area contributed by atoms with Crippen LogP contribution in [0.2, 0.25) is 0 Å². The van der Waals surface area contributed by atoms with E-state index in [1.807, 2.05) is 6.08 Å². The van der Waals surface area contributed by atoms with E-state index >= 15 is 0 Å². The number of halogens is 1. The number of hydrogen-bond acceptors (Lipinski definition) is 2. The van der Waals surface area contributed by atoms with Gasteiger partial charge in [0.1, 0.15) is 6.61 Å². The standard InChI is InChI=1S/C11H17ClO2/c1-9(13)14-8-7-11(12)10-5-3-2-4-6-10/h7,10H,2-6,8H2,1H3. The largest absolute Gasteiger partial charge is 0.462 e. The van der Waals surface area contributed by atoms with Crippen LogP contribution in [0.15, 0.2) is 11.1 Å². The fraction of sp³-hybridized carbons (Fsp3) is 0.727. The second-order valence-corrected chi connectivity index (χ2v) is 4.16. The average molecular weight is 217 g/mol. The van der Waals surface area contributed by atoms with Gasteiger partial charge in [-0.2, -0.15) is 0 Å². The van der Waals surface area contributed by atoms with E-state index in [0.717, 1.165) is 5.03 Å². The summed E-state index contributed by atoms with van der Waals surface area (Å²) in [5, 5.41) is 0.867. The molecule has 1 aliphatic rings. The minimum Gasteiger partial charge on any atom is -0.462 e. The van der Waals surface area contributed by atoms with Crippen molar-refractivity contribution in [2.75, 3.05) is 6.61 Å². The Hall–Kier alpha value is -0.500. The van der Waals surface area contributed by atoms with E-state index in [-0.39, 0.29) is 5.97 Å². The molecule has 0 aromatic carbocycles. The SMILES string of the molecule is CC(=O)OCC=C(Cl)C1CCCCC1. The average Bonchev–Trinajstić information content (AvgIpc) is 2.18. The highest BCUT2D eigenvalue weighted by molar-refractivity contribution is 6.29. The first-order valence-corrected chi connectivity index (χ1v) is 5.57. The van der Waals surface area contributed by atoms with Crippen molar-refractivity contribution in [3.63, 3.8) is 0 Å². The molecule has 1 fully saturated rings. The van der Waals surface area contributed by atoms with Gasteiger partial charge >= 0.3 is 5.97 Å². The lowest BCUT2D eigenvalue weighted by atomic mass is 9.89. The molecule has 0 aliphatic heterocycles. The third kappa shape index (κ3) is 4.14. The molecule has 3 heteroatoms. The van der Waals surface area contributed by atoms with Crippen molar-refractivity contribution in [1.82, 2.24) is 0 Å². The third-order valence-corrected chi connectivity index (χ3v) is 3.02. The molecule has 0 amide bonds. The minimum absolute atomic E-state index is 0.255. The molecule has 0 saturated heterocycles. The predicted molar refractivity (Wildman–Crippen MR) is 57.1 cm³/mol. The van der Waals surface area contributed by atoms with Crippen LogP contribution >= 0.6 is 11.6 Å².